The first kappa shape index (κ1) is 28.3. The number of likely N-dealkylation sites (tertiary alicyclic amines) is 1. The Labute approximate surface area is 253 Å². The van der Waals surface area contributed by atoms with Crippen molar-refractivity contribution in [2.24, 2.45) is 17.1 Å². The second-order valence-corrected chi connectivity index (χ2v) is 13.4. The molecule has 0 bridgehead atoms. The van der Waals surface area contributed by atoms with Crippen molar-refractivity contribution in [1.29, 1.82) is 0 Å². The van der Waals surface area contributed by atoms with E-state index < -0.39 is 5.91 Å². The maximum absolute atomic E-state index is 13.0. The summed E-state index contributed by atoms with van der Waals surface area (Å²) in [6.07, 6.45) is 7.66. The van der Waals surface area contributed by atoms with Gasteiger partial charge in [0.15, 0.2) is 0 Å². The van der Waals surface area contributed by atoms with Gasteiger partial charge >= 0.3 is 6.09 Å². The lowest BCUT2D eigenvalue weighted by Crippen LogP contribution is -2.37. The van der Waals surface area contributed by atoms with Gasteiger partial charge in [-0.3, -0.25) is 14.7 Å². The predicted octanol–water partition coefficient (Wildman–Crippen LogP) is 5.17. The molecule has 2 amide bonds. The predicted molar refractivity (Wildman–Crippen MR) is 166 cm³/mol. The number of benzene rings is 2. The molecule has 2 aromatic carbocycles. The van der Waals surface area contributed by atoms with E-state index in [1.165, 1.54) is 30.5 Å². The third kappa shape index (κ3) is 5.51. The Hall–Kier alpha value is -3.49. The number of rotatable bonds is 8. The Kier molecular flexibility index (Phi) is 7.38. The maximum Gasteiger partial charge on any atom is 0.414 e. The van der Waals surface area contributed by atoms with Crippen molar-refractivity contribution in [1.82, 2.24) is 9.88 Å². The van der Waals surface area contributed by atoms with Crippen molar-refractivity contribution in [3.63, 3.8) is 0 Å². The van der Waals surface area contributed by atoms with Crippen LogP contribution in [0.15, 0.2) is 42.5 Å². The average molecular weight is 583 g/mol. The van der Waals surface area contributed by atoms with E-state index >= 15 is 0 Å². The zero-order chi connectivity index (χ0) is 29.7. The van der Waals surface area contributed by atoms with Gasteiger partial charge in [0.2, 0.25) is 5.91 Å². The molecule has 4 aliphatic rings. The van der Waals surface area contributed by atoms with Gasteiger partial charge in [0, 0.05) is 41.3 Å². The van der Waals surface area contributed by atoms with E-state index in [-0.39, 0.29) is 18.1 Å². The molecule has 3 fully saturated rings. The summed E-state index contributed by atoms with van der Waals surface area (Å²) in [4.78, 5) is 34.4. The molecule has 2 saturated heterocycles. The molecule has 2 aliphatic heterocycles. The lowest BCUT2D eigenvalue weighted by atomic mass is 9.76. The van der Waals surface area contributed by atoms with Crippen molar-refractivity contribution in [3.05, 3.63) is 70.4 Å². The lowest BCUT2D eigenvalue weighted by Gasteiger charge is -2.32. The van der Waals surface area contributed by atoms with Crippen LogP contribution in [0.25, 0.3) is 10.9 Å². The zero-order valence-corrected chi connectivity index (χ0v) is 25.1. The number of carbonyl (C=O) groups is 2. The monoisotopic (exact) mass is 582 g/mol. The van der Waals surface area contributed by atoms with Gasteiger partial charge in [-0.25, -0.2) is 4.79 Å². The number of aliphatic hydroxyl groups excluding tert-OH is 1. The number of primary amides is 1. The van der Waals surface area contributed by atoms with Crippen molar-refractivity contribution in [3.8, 4) is 0 Å². The number of hydrogen-bond acceptors (Lipinski definition) is 6. The number of anilines is 1. The van der Waals surface area contributed by atoms with Gasteiger partial charge in [-0.2, -0.15) is 0 Å². The van der Waals surface area contributed by atoms with Gasteiger partial charge in [-0.05, 0) is 116 Å². The number of pyridine rings is 1. The standard InChI is InChI=1S/C35H42N4O4/c1-35(13-14-35)24-4-8-30-23(20-24)21-29-31(37-30)9-7-28(33(36)41)32(29)27(12-17-38-15-10-26(40)11-16-38)22-2-5-25(6-3-22)39-18-19-43-34(39)42/h2-3,5-7,9,21,24,26-27,40H,4,8,10-20H2,1H3,(H2,36,41)/t24?,27-/m1/s1. The van der Waals surface area contributed by atoms with Crippen LogP contribution in [0.4, 0.5) is 10.5 Å². The highest BCUT2D eigenvalue weighted by molar-refractivity contribution is 6.01. The van der Waals surface area contributed by atoms with E-state index in [2.05, 4.69) is 30.0 Å². The van der Waals surface area contributed by atoms with Crippen molar-refractivity contribution < 1.29 is 19.4 Å². The zero-order valence-electron chi connectivity index (χ0n) is 25.1. The average Bonchev–Trinajstić information content (AvgIpc) is 3.62. The van der Waals surface area contributed by atoms with Gasteiger partial charge < -0.3 is 20.5 Å². The fourth-order valence-corrected chi connectivity index (χ4v) is 7.66. The third-order valence-electron chi connectivity index (χ3n) is 10.7. The smallest absolute Gasteiger partial charge is 0.414 e. The Morgan fingerprint density at radius 3 is 2.56 bits per heavy atom. The number of carbonyl (C=O) groups excluding carboxylic acids is 2. The van der Waals surface area contributed by atoms with E-state index in [0.717, 1.165) is 79.5 Å². The van der Waals surface area contributed by atoms with Crippen LogP contribution in [0.5, 0.6) is 0 Å². The van der Waals surface area contributed by atoms with Crippen LogP contribution in [0, 0.1) is 11.3 Å². The number of fused-ring (bicyclic) bond motifs is 2. The molecule has 2 aliphatic carbocycles. The Morgan fingerprint density at radius 2 is 1.88 bits per heavy atom. The van der Waals surface area contributed by atoms with Gasteiger partial charge in [-0.1, -0.05) is 19.1 Å². The molecule has 226 valence electrons. The third-order valence-corrected chi connectivity index (χ3v) is 10.7. The number of ether oxygens (including phenoxy) is 1. The summed E-state index contributed by atoms with van der Waals surface area (Å²) in [6, 6.07) is 14.2. The number of amides is 2. The van der Waals surface area contributed by atoms with Crippen LogP contribution in [0.3, 0.4) is 0 Å². The molecule has 0 spiro atoms. The molecule has 1 saturated carbocycles. The summed E-state index contributed by atoms with van der Waals surface area (Å²) in [6.45, 7) is 5.91. The fourth-order valence-electron chi connectivity index (χ4n) is 7.66. The van der Waals surface area contributed by atoms with Gasteiger partial charge in [0.05, 0.1) is 18.2 Å². The molecule has 7 rings (SSSR count). The largest absolute Gasteiger partial charge is 0.447 e. The van der Waals surface area contributed by atoms with Crippen LogP contribution < -0.4 is 10.6 Å². The number of nitrogens with two attached hydrogens (primary N) is 1. The maximum atomic E-state index is 13.0. The molecule has 3 heterocycles. The molecule has 1 unspecified atom stereocenters. The van der Waals surface area contributed by atoms with Crippen LogP contribution in [0.2, 0.25) is 0 Å². The molecule has 3 N–H and O–H groups in total. The van der Waals surface area contributed by atoms with E-state index in [1.54, 1.807) is 4.90 Å². The first-order chi connectivity index (χ1) is 20.8. The molecule has 2 atom stereocenters. The number of cyclic esters (lactones) is 1. The van der Waals surface area contributed by atoms with E-state index in [4.69, 9.17) is 15.5 Å². The summed E-state index contributed by atoms with van der Waals surface area (Å²) in [5.74, 6) is 0.149. The molecular weight excluding hydrogens is 540 g/mol. The number of hydrogen-bond donors (Lipinski definition) is 2. The van der Waals surface area contributed by atoms with Gasteiger partial charge in [-0.15, -0.1) is 0 Å². The highest BCUT2D eigenvalue weighted by Crippen LogP contribution is 2.55. The second kappa shape index (κ2) is 11.2. The summed E-state index contributed by atoms with van der Waals surface area (Å²) in [5, 5.41) is 11.1. The van der Waals surface area contributed by atoms with E-state index in [1.807, 2.05) is 24.3 Å². The first-order valence-corrected chi connectivity index (χ1v) is 16.0. The van der Waals surface area contributed by atoms with E-state index in [0.29, 0.717) is 30.0 Å². The molecule has 1 aromatic heterocycles. The van der Waals surface area contributed by atoms with Crippen molar-refractivity contribution in [2.45, 2.75) is 70.3 Å². The molecule has 3 aromatic rings. The first-order valence-electron chi connectivity index (χ1n) is 16.0. The molecule has 43 heavy (non-hydrogen) atoms. The Balaban J connectivity index is 1.30. The number of nitrogens with zero attached hydrogens (tertiary/aromatic N) is 3. The quantitative estimate of drug-likeness (QED) is 0.379. The second-order valence-electron chi connectivity index (χ2n) is 13.4. The van der Waals surface area contributed by atoms with Crippen LogP contribution in [0.1, 0.15) is 84.1 Å². The number of aromatic nitrogens is 1. The van der Waals surface area contributed by atoms with E-state index in [9.17, 15) is 14.7 Å². The minimum absolute atomic E-state index is 0.0992. The van der Waals surface area contributed by atoms with Gasteiger partial charge in [0.1, 0.15) is 6.61 Å². The summed E-state index contributed by atoms with van der Waals surface area (Å²) < 4.78 is 5.15. The molecule has 8 heteroatoms. The minimum Gasteiger partial charge on any atom is -0.447 e. The Bertz CT molecular complexity index is 1540. The highest BCUT2D eigenvalue weighted by Gasteiger charge is 2.45. The minimum atomic E-state index is -0.430. The molecule has 8 nitrogen and oxygen atoms in total. The number of aryl methyl sites for hydroxylation is 1. The summed E-state index contributed by atoms with van der Waals surface area (Å²) >= 11 is 0. The summed E-state index contributed by atoms with van der Waals surface area (Å²) in [7, 11) is 0. The fraction of sp³-hybridized carbons (Fsp3) is 0.514. The van der Waals surface area contributed by atoms with Crippen LogP contribution >= 0.6 is 0 Å². The lowest BCUT2D eigenvalue weighted by molar-refractivity contribution is 0.0815. The highest BCUT2D eigenvalue weighted by atomic mass is 16.6. The molecular formula is C35H42N4O4. The van der Waals surface area contributed by atoms with Crippen LogP contribution in [-0.2, 0) is 17.6 Å². The van der Waals surface area contributed by atoms with Crippen molar-refractivity contribution in [2.75, 3.05) is 37.7 Å². The molecule has 0 radical (unpaired) electrons. The van der Waals surface area contributed by atoms with Crippen molar-refractivity contribution >= 4 is 28.6 Å². The number of piperidine rings is 1. The SMILES string of the molecule is CC1(C2CCc3nc4ccc(C(N)=O)c([C@H](CCN5CCC(O)CC5)c5ccc(N6CCOC6=O)cc5)c4cc3C2)CC1. The number of aliphatic hydroxyl groups is 1. The topological polar surface area (TPSA) is 109 Å². The van der Waals surface area contributed by atoms with Crippen LogP contribution in [-0.4, -0.2) is 65.9 Å². The van der Waals surface area contributed by atoms with Gasteiger partial charge in [0.25, 0.3) is 0 Å². The normalized spacial score (nSPS) is 22.8. The Morgan fingerprint density at radius 1 is 1.12 bits per heavy atom. The summed E-state index contributed by atoms with van der Waals surface area (Å²) in [5.41, 5.74) is 13.3.